The van der Waals surface area contributed by atoms with Crippen LogP contribution in [-0.4, -0.2) is 35.3 Å². The molecule has 3 heterocycles. The topological polar surface area (TPSA) is 103 Å². The molecule has 0 bridgehead atoms. The number of nitrogens with two attached hydrogens (primary N) is 1. The van der Waals surface area contributed by atoms with Gasteiger partial charge in [0.25, 0.3) is 0 Å². The highest BCUT2D eigenvalue weighted by atomic mass is 32.1. The van der Waals surface area contributed by atoms with E-state index in [1.165, 1.54) is 11.3 Å². The second-order valence-electron chi connectivity index (χ2n) is 5.79. The van der Waals surface area contributed by atoms with Crippen LogP contribution in [0.5, 0.6) is 0 Å². The predicted octanol–water partition coefficient (Wildman–Crippen LogP) is 1.33. The number of anilines is 1. The summed E-state index contributed by atoms with van der Waals surface area (Å²) in [7, 11) is 0. The molecule has 0 spiro atoms. The van der Waals surface area contributed by atoms with Gasteiger partial charge < -0.3 is 20.3 Å². The first-order valence-corrected chi connectivity index (χ1v) is 8.47. The Balaban J connectivity index is 1.48. The van der Waals surface area contributed by atoms with Crippen LogP contribution in [0.3, 0.4) is 0 Å². The van der Waals surface area contributed by atoms with Crippen molar-refractivity contribution < 1.29 is 14.1 Å². The Labute approximate surface area is 138 Å². The van der Waals surface area contributed by atoms with Gasteiger partial charge in [-0.15, -0.1) is 11.3 Å². The fraction of sp³-hybridized carbons (Fsp3) is 0.533. The Morgan fingerprint density at radius 1 is 1.52 bits per heavy atom. The number of nitrogens with zero attached hydrogens (tertiary/aromatic N) is 2. The van der Waals surface area contributed by atoms with Gasteiger partial charge in [0.1, 0.15) is 5.76 Å². The van der Waals surface area contributed by atoms with Crippen molar-refractivity contribution in [2.45, 2.75) is 32.2 Å². The van der Waals surface area contributed by atoms with Crippen LogP contribution in [0.4, 0.5) is 5.13 Å². The van der Waals surface area contributed by atoms with E-state index in [-0.39, 0.29) is 17.9 Å². The average molecular weight is 336 g/mol. The summed E-state index contributed by atoms with van der Waals surface area (Å²) < 4.78 is 10.8. The van der Waals surface area contributed by atoms with Crippen LogP contribution in [0.2, 0.25) is 0 Å². The monoisotopic (exact) mass is 336 g/mol. The van der Waals surface area contributed by atoms with Crippen molar-refractivity contribution in [2.75, 3.05) is 18.9 Å². The zero-order chi connectivity index (χ0) is 16.2. The summed E-state index contributed by atoms with van der Waals surface area (Å²) in [4.78, 5) is 16.3. The molecule has 1 saturated heterocycles. The number of aromatic nitrogens is 2. The molecule has 2 atom stereocenters. The van der Waals surface area contributed by atoms with Gasteiger partial charge in [-0.3, -0.25) is 4.79 Å². The number of aryl methyl sites for hydroxylation is 2. The molecule has 0 radical (unpaired) electrons. The Hall–Kier alpha value is -1.93. The average Bonchev–Trinajstić information content (AvgIpc) is 3.21. The summed E-state index contributed by atoms with van der Waals surface area (Å²) >= 11 is 1.39. The highest BCUT2D eigenvalue weighted by Gasteiger charge is 2.30. The maximum atomic E-state index is 12.1. The summed E-state index contributed by atoms with van der Waals surface area (Å²) in [6, 6.07) is 1.93. The minimum atomic E-state index is 0.00539. The molecule has 1 amide bonds. The number of ether oxygens (including phenoxy) is 1. The number of nitrogens with one attached hydrogen (secondary N) is 1. The summed E-state index contributed by atoms with van der Waals surface area (Å²) in [5.41, 5.74) is 7.31. The summed E-state index contributed by atoms with van der Waals surface area (Å²) in [6.45, 7) is 3.04. The molecule has 1 fully saturated rings. The van der Waals surface area contributed by atoms with Crippen molar-refractivity contribution in [1.29, 1.82) is 0 Å². The lowest BCUT2D eigenvalue weighted by Gasteiger charge is -2.17. The van der Waals surface area contributed by atoms with Gasteiger partial charge >= 0.3 is 0 Å². The highest BCUT2D eigenvalue weighted by molar-refractivity contribution is 7.13. The molecule has 0 saturated carbocycles. The third-order valence-electron chi connectivity index (χ3n) is 3.86. The minimum absolute atomic E-state index is 0.00539. The molecule has 0 aliphatic carbocycles. The number of carbonyl (C=O) groups excluding carboxylic acids is 1. The van der Waals surface area contributed by atoms with Crippen molar-refractivity contribution in [3.8, 4) is 0 Å². The van der Waals surface area contributed by atoms with E-state index in [0.29, 0.717) is 37.6 Å². The van der Waals surface area contributed by atoms with Gasteiger partial charge in [0.05, 0.1) is 30.6 Å². The lowest BCUT2D eigenvalue weighted by molar-refractivity contribution is -0.122. The molecule has 7 nitrogen and oxygen atoms in total. The van der Waals surface area contributed by atoms with Crippen molar-refractivity contribution >= 4 is 22.4 Å². The lowest BCUT2D eigenvalue weighted by Crippen LogP contribution is -2.40. The predicted molar refractivity (Wildman–Crippen MR) is 86.0 cm³/mol. The molecule has 3 rings (SSSR count). The van der Waals surface area contributed by atoms with E-state index in [4.69, 9.17) is 15.0 Å². The summed E-state index contributed by atoms with van der Waals surface area (Å²) in [5.74, 6) is 1.04. The first kappa shape index (κ1) is 15.9. The van der Waals surface area contributed by atoms with Crippen molar-refractivity contribution in [2.24, 2.45) is 5.92 Å². The Morgan fingerprint density at radius 2 is 2.39 bits per heavy atom. The molecule has 0 unspecified atom stereocenters. The SMILES string of the molecule is Cc1cc(C[C@@H]2COC[C@@H]2NC(=O)CCc2csc(N)n2)on1. The van der Waals surface area contributed by atoms with Crippen LogP contribution in [0.1, 0.15) is 23.6 Å². The quantitative estimate of drug-likeness (QED) is 0.825. The minimum Gasteiger partial charge on any atom is -0.379 e. The van der Waals surface area contributed by atoms with E-state index in [1.807, 2.05) is 18.4 Å². The number of nitrogen functional groups attached to an aromatic ring is 1. The third kappa shape index (κ3) is 4.29. The number of amides is 1. The number of hydrogen-bond acceptors (Lipinski definition) is 7. The van der Waals surface area contributed by atoms with E-state index in [9.17, 15) is 4.79 Å². The summed E-state index contributed by atoms with van der Waals surface area (Å²) in [5, 5.41) is 9.36. The normalized spacial score (nSPS) is 20.7. The van der Waals surface area contributed by atoms with Gasteiger partial charge in [0, 0.05) is 30.2 Å². The zero-order valence-electron chi connectivity index (χ0n) is 12.9. The molecule has 0 aromatic carbocycles. The van der Waals surface area contributed by atoms with Crippen molar-refractivity contribution in [1.82, 2.24) is 15.5 Å². The van der Waals surface area contributed by atoms with Gasteiger partial charge in [-0.25, -0.2) is 4.98 Å². The molecule has 2 aromatic rings. The molecule has 3 N–H and O–H groups in total. The molecule has 23 heavy (non-hydrogen) atoms. The number of carbonyl (C=O) groups is 1. The van der Waals surface area contributed by atoms with Crippen LogP contribution in [0.25, 0.3) is 0 Å². The van der Waals surface area contributed by atoms with Crippen molar-refractivity contribution in [3.05, 3.63) is 28.6 Å². The fourth-order valence-electron chi connectivity index (χ4n) is 2.69. The van der Waals surface area contributed by atoms with Crippen molar-refractivity contribution in [3.63, 3.8) is 0 Å². The maximum Gasteiger partial charge on any atom is 0.220 e. The second kappa shape index (κ2) is 7.10. The van der Waals surface area contributed by atoms with E-state index in [1.54, 1.807) is 0 Å². The van der Waals surface area contributed by atoms with Gasteiger partial charge in [0.15, 0.2) is 5.13 Å². The van der Waals surface area contributed by atoms with Gasteiger partial charge in [0.2, 0.25) is 5.91 Å². The standard InChI is InChI=1S/C15H20N4O3S/c1-9-4-12(22-19-9)5-10-6-21-7-13(10)18-14(20)3-2-11-8-23-15(16)17-11/h4,8,10,13H,2-3,5-7H2,1H3,(H2,16,17)(H,18,20)/t10-,13+/m1/s1. The smallest absolute Gasteiger partial charge is 0.220 e. The molecule has 124 valence electrons. The van der Waals surface area contributed by atoms with Crippen LogP contribution < -0.4 is 11.1 Å². The second-order valence-corrected chi connectivity index (χ2v) is 6.68. The van der Waals surface area contributed by atoms with Gasteiger partial charge in [-0.1, -0.05) is 5.16 Å². The number of hydrogen-bond donors (Lipinski definition) is 2. The fourth-order valence-corrected chi connectivity index (χ4v) is 3.29. The van der Waals surface area contributed by atoms with Crippen LogP contribution in [0.15, 0.2) is 16.0 Å². The molecule has 2 aromatic heterocycles. The van der Waals surface area contributed by atoms with E-state index < -0.39 is 0 Å². The van der Waals surface area contributed by atoms with E-state index in [2.05, 4.69) is 15.5 Å². The molecular weight excluding hydrogens is 316 g/mol. The number of rotatable bonds is 6. The maximum absolute atomic E-state index is 12.1. The highest BCUT2D eigenvalue weighted by Crippen LogP contribution is 2.20. The Kier molecular flexibility index (Phi) is 4.92. The van der Waals surface area contributed by atoms with E-state index >= 15 is 0 Å². The summed E-state index contributed by atoms with van der Waals surface area (Å²) in [6.07, 6.45) is 1.71. The first-order chi connectivity index (χ1) is 11.1. The largest absolute Gasteiger partial charge is 0.379 e. The molecular formula is C15H20N4O3S. The van der Waals surface area contributed by atoms with Crippen LogP contribution >= 0.6 is 11.3 Å². The Bertz CT molecular complexity index is 669. The first-order valence-electron chi connectivity index (χ1n) is 7.59. The number of thiazole rings is 1. The zero-order valence-corrected chi connectivity index (χ0v) is 13.8. The van der Waals surface area contributed by atoms with Gasteiger partial charge in [-0.2, -0.15) is 0 Å². The molecule has 1 aliphatic heterocycles. The van der Waals surface area contributed by atoms with Gasteiger partial charge in [-0.05, 0) is 13.3 Å². The molecule has 1 aliphatic rings. The van der Waals surface area contributed by atoms with Crippen LogP contribution in [-0.2, 0) is 22.4 Å². The lowest BCUT2D eigenvalue weighted by atomic mass is 9.98. The molecule has 8 heteroatoms. The third-order valence-corrected chi connectivity index (χ3v) is 4.59. The van der Waals surface area contributed by atoms with Crippen LogP contribution in [0, 0.1) is 12.8 Å². The Morgan fingerprint density at radius 3 is 3.09 bits per heavy atom. The van der Waals surface area contributed by atoms with E-state index in [0.717, 1.165) is 17.1 Å².